The van der Waals surface area contributed by atoms with Crippen molar-refractivity contribution in [3.63, 3.8) is 0 Å². The van der Waals surface area contributed by atoms with Crippen molar-refractivity contribution in [3.05, 3.63) is 63.1 Å². The van der Waals surface area contributed by atoms with Gasteiger partial charge in [0.2, 0.25) is 0 Å². The number of pyridine rings is 1. The molecular weight excluding hydrogens is 328 g/mol. The van der Waals surface area contributed by atoms with Crippen LogP contribution in [0.5, 0.6) is 5.75 Å². The zero-order valence-corrected chi connectivity index (χ0v) is 16.5. The van der Waals surface area contributed by atoms with Crippen LogP contribution in [-0.2, 0) is 19.9 Å². The van der Waals surface area contributed by atoms with Gasteiger partial charge in [-0.3, -0.25) is 9.59 Å². The smallest absolute Gasteiger partial charge is 0.263 e. The van der Waals surface area contributed by atoms with Gasteiger partial charge in [0.1, 0.15) is 11.3 Å². The van der Waals surface area contributed by atoms with Crippen molar-refractivity contribution in [2.24, 2.45) is 7.05 Å². The SMILES string of the molecule is CCc1c(C)cc(C(=O)N(C)[C@@H](C)Cc2ccccc2OC)c(=O)n1C. The molecule has 2 rings (SSSR count). The van der Waals surface area contributed by atoms with Gasteiger partial charge in [-0.25, -0.2) is 0 Å². The van der Waals surface area contributed by atoms with Gasteiger partial charge >= 0.3 is 0 Å². The summed E-state index contributed by atoms with van der Waals surface area (Å²) >= 11 is 0. The lowest BCUT2D eigenvalue weighted by Crippen LogP contribution is -2.40. The van der Waals surface area contributed by atoms with E-state index >= 15 is 0 Å². The number of amides is 1. The van der Waals surface area contributed by atoms with Gasteiger partial charge in [-0.15, -0.1) is 0 Å². The highest BCUT2D eigenvalue weighted by Crippen LogP contribution is 2.21. The molecule has 0 spiro atoms. The first-order valence-electron chi connectivity index (χ1n) is 8.90. The number of aryl methyl sites for hydroxylation is 1. The van der Waals surface area contributed by atoms with Crippen LogP contribution in [-0.4, -0.2) is 35.6 Å². The summed E-state index contributed by atoms with van der Waals surface area (Å²) < 4.78 is 6.98. The standard InChI is InChI=1S/C21H28N2O3/c1-7-18-14(2)12-17(21(25)23(18)5)20(24)22(4)15(3)13-16-10-8-9-11-19(16)26-6/h8-12,15H,7,13H2,1-6H3/t15-/m0/s1. The fourth-order valence-corrected chi connectivity index (χ4v) is 3.32. The number of carbonyl (C=O) groups is 1. The van der Waals surface area contributed by atoms with E-state index < -0.39 is 0 Å². The van der Waals surface area contributed by atoms with Crippen LogP contribution in [0.1, 0.15) is 41.0 Å². The molecule has 0 unspecified atom stereocenters. The third-order valence-electron chi connectivity index (χ3n) is 5.01. The van der Waals surface area contributed by atoms with E-state index in [1.807, 2.05) is 45.0 Å². The third kappa shape index (κ3) is 3.82. The summed E-state index contributed by atoms with van der Waals surface area (Å²) in [6.07, 6.45) is 1.41. The van der Waals surface area contributed by atoms with Crippen LogP contribution in [0.3, 0.4) is 0 Å². The topological polar surface area (TPSA) is 51.5 Å². The summed E-state index contributed by atoms with van der Waals surface area (Å²) in [5.74, 6) is 0.554. The molecule has 5 nitrogen and oxygen atoms in total. The third-order valence-corrected chi connectivity index (χ3v) is 5.01. The summed E-state index contributed by atoms with van der Waals surface area (Å²) in [6, 6.07) is 9.42. The fourth-order valence-electron chi connectivity index (χ4n) is 3.32. The van der Waals surface area contributed by atoms with Crippen molar-refractivity contribution >= 4 is 5.91 Å². The molecule has 1 aromatic carbocycles. The first kappa shape index (κ1) is 19.8. The molecule has 0 aliphatic rings. The lowest BCUT2D eigenvalue weighted by atomic mass is 10.0. The Bertz CT molecular complexity index is 855. The largest absolute Gasteiger partial charge is 0.496 e. The monoisotopic (exact) mass is 356 g/mol. The lowest BCUT2D eigenvalue weighted by Gasteiger charge is -2.26. The second-order valence-electron chi connectivity index (χ2n) is 6.69. The highest BCUT2D eigenvalue weighted by atomic mass is 16.5. The van der Waals surface area contributed by atoms with Gasteiger partial charge in [0.05, 0.1) is 7.11 Å². The zero-order chi connectivity index (χ0) is 19.4. The molecule has 1 atom stereocenters. The van der Waals surface area contributed by atoms with Crippen LogP contribution in [0.4, 0.5) is 0 Å². The number of hydrogen-bond donors (Lipinski definition) is 0. The Morgan fingerprint density at radius 3 is 2.58 bits per heavy atom. The maximum atomic E-state index is 12.9. The number of para-hydroxylation sites is 1. The van der Waals surface area contributed by atoms with Gasteiger partial charge in [-0.2, -0.15) is 0 Å². The van der Waals surface area contributed by atoms with Crippen molar-refractivity contribution in [3.8, 4) is 5.75 Å². The number of rotatable bonds is 6. The van der Waals surface area contributed by atoms with Gasteiger partial charge in [0.25, 0.3) is 11.5 Å². The van der Waals surface area contributed by atoms with Gasteiger partial charge < -0.3 is 14.2 Å². The number of likely N-dealkylation sites (N-methyl/N-ethyl adjacent to an activating group) is 1. The number of carbonyl (C=O) groups excluding carboxylic acids is 1. The molecule has 140 valence electrons. The van der Waals surface area contributed by atoms with E-state index in [4.69, 9.17) is 4.74 Å². The van der Waals surface area contributed by atoms with Crippen molar-refractivity contribution in [1.82, 2.24) is 9.47 Å². The molecular formula is C21H28N2O3. The molecule has 0 aliphatic carbocycles. The normalized spacial score (nSPS) is 11.9. The minimum atomic E-state index is -0.251. The fraction of sp³-hybridized carbons (Fsp3) is 0.429. The van der Waals surface area contributed by atoms with E-state index in [2.05, 4.69) is 0 Å². The Morgan fingerprint density at radius 1 is 1.31 bits per heavy atom. The Hall–Kier alpha value is -2.56. The maximum absolute atomic E-state index is 12.9. The van der Waals surface area contributed by atoms with E-state index in [1.54, 1.807) is 36.7 Å². The first-order chi connectivity index (χ1) is 12.3. The van der Waals surface area contributed by atoms with Crippen molar-refractivity contribution < 1.29 is 9.53 Å². The molecule has 0 radical (unpaired) electrons. The highest BCUT2D eigenvalue weighted by Gasteiger charge is 2.23. The minimum absolute atomic E-state index is 0.0744. The Labute approximate surface area is 155 Å². The molecule has 2 aromatic rings. The van der Waals surface area contributed by atoms with Crippen molar-refractivity contribution in [2.75, 3.05) is 14.2 Å². The number of nitrogens with zero attached hydrogens (tertiary/aromatic N) is 2. The van der Waals surface area contributed by atoms with Gasteiger partial charge in [-0.05, 0) is 49.9 Å². The van der Waals surface area contributed by atoms with Gasteiger partial charge in [-0.1, -0.05) is 25.1 Å². The molecule has 1 aromatic heterocycles. The summed E-state index contributed by atoms with van der Waals surface area (Å²) in [7, 11) is 5.11. The molecule has 5 heteroatoms. The van der Waals surface area contributed by atoms with Crippen molar-refractivity contribution in [1.29, 1.82) is 0 Å². The Balaban J connectivity index is 2.28. The molecule has 0 saturated heterocycles. The molecule has 0 saturated carbocycles. The number of benzene rings is 1. The second-order valence-corrected chi connectivity index (χ2v) is 6.69. The lowest BCUT2D eigenvalue weighted by molar-refractivity contribution is 0.0740. The summed E-state index contributed by atoms with van der Waals surface area (Å²) in [5.41, 5.74) is 2.93. The van der Waals surface area contributed by atoms with Gasteiger partial charge in [0.15, 0.2) is 0 Å². The average molecular weight is 356 g/mol. The average Bonchev–Trinajstić information content (AvgIpc) is 2.64. The van der Waals surface area contributed by atoms with Crippen LogP contribution in [0.15, 0.2) is 35.1 Å². The number of ether oxygens (including phenoxy) is 1. The zero-order valence-electron chi connectivity index (χ0n) is 16.5. The summed E-state index contributed by atoms with van der Waals surface area (Å²) in [4.78, 5) is 27.2. The predicted molar refractivity (Wildman–Crippen MR) is 104 cm³/mol. The van der Waals surface area contributed by atoms with Gasteiger partial charge in [0, 0.05) is 25.8 Å². The van der Waals surface area contributed by atoms with Crippen LogP contribution in [0, 0.1) is 6.92 Å². The number of aromatic nitrogens is 1. The minimum Gasteiger partial charge on any atom is -0.496 e. The van der Waals surface area contributed by atoms with E-state index in [9.17, 15) is 9.59 Å². The number of methoxy groups -OCH3 is 1. The van der Waals surface area contributed by atoms with E-state index in [-0.39, 0.29) is 23.1 Å². The van der Waals surface area contributed by atoms with E-state index in [1.165, 1.54) is 0 Å². The molecule has 0 N–H and O–H groups in total. The Kier molecular flexibility index (Phi) is 6.24. The molecule has 26 heavy (non-hydrogen) atoms. The molecule has 0 fully saturated rings. The second kappa shape index (κ2) is 8.21. The quantitative estimate of drug-likeness (QED) is 0.800. The van der Waals surface area contributed by atoms with Crippen LogP contribution in [0.25, 0.3) is 0 Å². The predicted octanol–water partition coefficient (Wildman–Crippen LogP) is 2.97. The number of hydrogen-bond acceptors (Lipinski definition) is 3. The molecule has 1 heterocycles. The van der Waals surface area contributed by atoms with E-state index in [0.717, 1.165) is 29.0 Å². The molecule has 0 aliphatic heterocycles. The first-order valence-corrected chi connectivity index (χ1v) is 8.90. The Morgan fingerprint density at radius 2 is 1.96 bits per heavy atom. The van der Waals surface area contributed by atoms with Crippen LogP contribution < -0.4 is 10.3 Å². The maximum Gasteiger partial charge on any atom is 0.263 e. The summed E-state index contributed by atoms with van der Waals surface area (Å²) in [6.45, 7) is 5.92. The van der Waals surface area contributed by atoms with Crippen molar-refractivity contribution in [2.45, 2.75) is 39.7 Å². The molecule has 1 amide bonds. The highest BCUT2D eigenvalue weighted by molar-refractivity contribution is 5.94. The van der Waals surface area contributed by atoms with Crippen LogP contribution in [0.2, 0.25) is 0 Å². The summed E-state index contributed by atoms with van der Waals surface area (Å²) in [5, 5.41) is 0. The van der Waals surface area contributed by atoms with E-state index in [0.29, 0.717) is 6.42 Å². The van der Waals surface area contributed by atoms with Crippen LogP contribution >= 0.6 is 0 Å². The molecule has 0 bridgehead atoms.